The van der Waals surface area contributed by atoms with E-state index in [1.807, 2.05) is 22.7 Å². The Balaban J connectivity index is 1.17. The van der Waals surface area contributed by atoms with E-state index in [4.69, 9.17) is 0 Å². The molecule has 0 aliphatic carbocycles. The van der Waals surface area contributed by atoms with Crippen LogP contribution in [-0.2, 0) is 25.7 Å². The molecule has 1 nitrogen and oxygen atoms in total. The number of hydrogen-bond donors (Lipinski definition) is 1. The van der Waals surface area contributed by atoms with Crippen molar-refractivity contribution in [3.8, 4) is 22.3 Å². The van der Waals surface area contributed by atoms with E-state index in [-0.39, 0.29) is 0 Å². The predicted molar refractivity (Wildman–Crippen MR) is 265 cm³/mol. The molecule has 0 radical (unpaired) electrons. The summed E-state index contributed by atoms with van der Waals surface area (Å²) in [5.74, 6) is 0. The SMILES string of the molecule is CCCCCc1ccc2sc3c(-c4ccc5[nH]c6ccc(-c7cc(CCCCC)cc8c7sc7ccc(CCCCC)cc78)cc6c5c4)cc(CCCCC)cc3c2c1. The average Bonchev–Trinajstić information content (AvgIpc) is 3.94. The van der Waals surface area contributed by atoms with Crippen LogP contribution >= 0.6 is 22.7 Å². The molecule has 3 heteroatoms. The Morgan fingerprint density at radius 3 is 1.15 bits per heavy atom. The molecule has 0 aliphatic heterocycles. The van der Waals surface area contributed by atoms with Crippen molar-refractivity contribution < 1.29 is 0 Å². The van der Waals surface area contributed by atoms with Gasteiger partial charge in [0.1, 0.15) is 0 Å². The van der Waals surface area contributed by atoms with Crippen molar-refractivity contribution in [1.82, 2.24) is 4.98 Å². The van der Waals surface area contributed by atoms with E-state index in [1.54, 1.807) is 0 Å². The maximum Gasteiger partial charge on any atom is 0.0465 e. The van der Waals surface area contributed by atoms with Gasteiger partial charge in [0.15, 0.2) is 0 Å². The van der Waals surface area contributed by atoms with Gasteiger partial charge < -0.3 is 4.98 Å². The lowest BCUT2D eigenvalue weighted by atomic mass is 9.94. The van der Waals surface area contributed by atoms with Gasteiger partial charge in [-0.2, -0.15) is 0 Å². The minimum absolute atomic E-state index is 1.13. The number of hydrogen-bond acceptors (Lipinski definition) is 2. The van der Waals surface area contributed by atoms with Crippen molar-refractivity contribution >= 4 is 84.8 Å². The summed E-state index contributed by atoms with van der Waals surface area (Å²) in [5, 5.41) is 8.37. The number of aromatic amines is 1. The van der Waals surface area contributed by atoms with E-state index in [2.05, 4.69) is 130 Å². The molecule has 0 saturated heterocycles. The summed E-state index contributed by atoms with van der Waals surface area (Å²) in [5.41, 5.74) is 13.7. The lowest BCUT2D eigenvalue weighted by Crippen LogP contribution is -1.89. The van der Waals surface area contributed by atoms with Crippen LogP contribution in [0.3, 0.4) is 0 Å². The van der Waals surface area contributed by atoms with Gasteiger partial charge in [-0.25, -0.2) is 0 Å². The maximum absolute atomic E-state index is 3.80. The standard InChI is InChI=1S/C56H61NS2/c1-5-9-13-17-37-21-27-53-47(29-37)49-33-39(19-15-11-7-3)31-43(55(49)58-53)41-23-25-51-45(35-41)46-36-42(24-26-52(46)57-51)44-32-40(20-16-12-8-4)34-50-48-30-38(18-14-10-6-2)22-28-54(48)59-56(44)50/h21-36,57H,5-20H2,1-4H3. The molecule has 0 atom stereocenters. The molecular formula is C56H61NS2. The second-order valence-corrected chi connectivity index (χ2v) is 19.5. The fraction of sp³-hybridized carbons (Fsp3) is 0.357. The number of thiophene rings is 2. The molecular weight excluding hydrogens is 751 g/mol. The Labute approximate surface area is 359 Å². The third-order valence-corrected chi connectivity index (χ3v) is 15.3. The second-order valence-electron chi connectivity index (χ2n) is 17.4. The van der Waals surface area contributed by atoms with Gasteiger partial charge in [0, 0.05) is 62.2 Å². The Kier molecular flexibility index (Phi) is 12.2. The number of fused-ring (bicyclic) bond motifs is 9. The van der Waals surface area contributed by atoms with E-state index in [0.717, 1.165) is 12.8 Å². The predicted octanol–water partition coefficient (Wildman–Crippen LogP) is 18.3. The zero-order valence-electron chi connectivity index (χ0n) is 35.9. The summed E-state index contributed by atoms with van der Waals surface area (Å²) in [7, 11) is 0. The molecule has 0 aliphatic rings. The largest absolute Gasteiger partial charge is 0.355 e. The first-order chi connectivity index (χ1) is 29.0. The monoisotopic (exact) mass is 811 g/mol. The topological polar surface area (TPSA) is 15.8 Å². The fourth-order valence-electron chi connectivity index (χ4n) is 9.55. The molecule has 1 N–H and O–H groups in total. The van der Waals surface area contributed by atoms with Crippen molar-refractivity contribution in [3.05, 3.63) is 119 Å². The van der Waals surface area contributed by atoms with Crippen LogP contribution in [0, 0.1) is 0 Å². The van der Waals surface area contributed by atoms with Crippen molar-refractivity contribution in [1.29, 1.82) is 0 Å². The highest BCUT2D eigenvalue weighted by atomic mass is 32.1. The molecule has 3 aromatic heterocycles. The highest BCUT2D eigenvalue weighted by Gasteiger charge is 2.18. The van der Waals surface area contributed by atoms with Gasteiger partial charge in [0.25, 0.3) is 0 Å². The van der Waals surface area contributed by atoms with Crippen LogP contribution < -0.4 is 0 Å². The van der Waals surface area contributed by atoms with Crippen LogP contribution in [0.1, 0.15) is 127 Å². The second kappa shape index (κ2) is 18.0. The van der Waals surface area contributed by atoms with Crippen LogP contribution in [0.4, 0.5) is 0 Å². The zero-order valence-corrected chi connectivity index (χ0v) is 37.5. The van der Waals surface area contributed by atoms with Crippen LogP contribution in [0.25, 0.3) is 84.4 Å². The summed E-state index contributed by atoms with van der Waals surface area (Å²) in [6.45, 7) is 9.21. The van der Waals surface area contributed by atoms with Gasteiger partial charge >= 0.3 is 0 Å². The van der Waals surface area contributed by atoms with Crippen LogP contribution in [-0.4, -0.2) is 4.98 Å². The number of benzene rings is 6. The molecule has 0 fully saturated rings. The summed E-state index contributed by atoms with van der Waals surface area (Å²) >= 11 is 3.96. The molecule has 0 saturated carbocycles. The minimum atomic E-state index is 1.13. The van der Waals surface area contributed by atoms with E-state index in [9.17, 15) is 0 Å². The zero-order chi connectivity index (χ0) is 40.3. The Bertz CT molecular complexity index is 2700. The third-order valence-electron chi connectivity index (χ3n) is 12.9. The fourth-order valence-corrected chi connectivity index (χ4v) is 11.9. The summed E-state index contributed by atoms with van der Waals surface area (Å²) in [6, 6.07) is 39.0. The Hall–Kier alpha value is -4.44. The van der Waals surface area contributed by atoms with Crippen molar-refractivity contribution in [2.45, 2.75) is 130 Å². The molecule has 0 unspecified atom stereocenters. The van der Waals surface area contributed by atoms with Gasteiger partial charge in [-0.15, -0.1) is 22.7 Å². The number of rotatable bonds is 18. The highest BCUT2D eigenvalue weighted by Crippen LogP contribution is 2.45. The van der Waals surface area contributed by atoms with Gasteiger partial charge in [-0.1, -0.05) is 103 Å². The van der Waals surface area contributed by atoms with Crippen molar-refractivity contribution in [2.24, 2.45) is 0 Å². The molecule has 9 rings (SSSR count). The van der Waals surface area contributed by atoms with Crippen molar-refractivity contribution in [3.63, 3.8) is 0 Å². The first-order valence-corrected chi connectivity index (χ1v) is 24.7. The summed E-state index contributed by atoms with van der Waals surface area (Å²) < 4.78 is 5.65. The van der Waals surface area contributed by atoms with E-state index < -0.39 is 0 Å². The van der Waals surface area contributed by atoms with Gasteiger partial charge in [-0.05, 0) is 169 Å². The molecule has 0 spiro atoms. The lowest BCUT2D eigenvalue weighted by molar-refractivity contribution is 0.718. The molecule has 0 bridgehead atoms. The van der Waals surface area contributed by atoms with E-state index in [1.165, 1.54) is 197 Å². The van der Waals surface area contributed by atoms with E-state index >= 15 is 0 Å². The van der Waals surface area contributed by atoms with Gasteiger partial charge in [0.05, 0.1) is 0 Å². The van der Waals surface area contributed by atoms with Gasteiger partial charge in [-0.3, -0.25) is 0 Å². The number of aromatic nitrogens is 1. The van der Waals surface area contributed by atoms with E-state index in [0.29, 0.717) is 0 Å². The molecule has 302 valence electrons. The Morgan fingerprint density at radius 1 is 0.356 bits per heavy atom. The smallest absolute Gasteiger partial charge is 0.0465 e. The minimum Gasteiger partial charge on any atom is -0.355 e. The van der Waals surface area contributed by atoms with Crippen LogP contribution in [0.5, 0.6) is 0 Å². The number of unbranched alkanes of at least 4 members (excludes halogenated alkanes) is 8. The van der Waals surface area contributed by atoms with Crippen LogP contribution in [0.15, 0.2) is 97.1 Å². The molecule has 59 heavy (non-hydrogen) atoms. The van der Waals surface area contributed by atoms with Crippen LogP contribution in [0.2, 0.25) is 0 Å². The van der Waals surface area contributed by atoms with Gasteiger partial charge in [0.2, 0.25) is 0 Å². The maximum atomic E-state index is 3.80. The normalized spacial score (nSPS) is 12.1. The lowest BCUT2D eigenvalue weighted by Gasteiger charge is -2.10. The third kappa shape index (κ3) is 8.23. The van der Waals surface area contributed by atoms with Crippen molar-refractivity contribution in [2.75, 3.05) is 0 Å². The first-order valence-electron chi connectivity index (χ1n) is 23.1. The molecule has 3 heterocycles. The molecule has 6 aromatic carbocycles. The number of aryl methyl sites for hydroxylation is 4. The average molecular weight is 812 g/mol. The summed E-state index contributed by atoms with van der Waals surface area (Å²) in [6.07, 6.45) is 19.8. The summed E-state index contributed by atoms with van der Waals surface area (Å²) in [4.78, 5) is 3.80. The molecule has 9 aromatic rings. The first kappa shape index (κ1) is 40.0. The number of nitrogens with one attached hydrogen (secondary N) is 1. The quantitative estimate of drug-likeness (QED) is 0.0831. The highest BCUT2D eigenvalue weighted by molar-refractivity contribution is 7.26. The number of H-pyrrole nitrogens is 1. The Morgan fingerprint density at radius 2 is 0.746 bits per heavy atom. The molecule has 0 amide bonds.